The van der Waals surface area contributed by atoms with Gasteiger partial charge in [-0.1, -0.05) is 44.2 Å². The molecule has 0 radical (unpaired) electrons. The van der Waals surface area contributed by atoms with E-state index in [4.69, 9.17) is 0 Å². The number of rotatable bonds is 6. The number of likely N-dealkylation sites (N-methyl/N-ethyl adjacent to an activating group) is 1. The Bertz CT molecular complexity index is 350. The predicted octanol–water partition coefficient (Wildman–Crippen LogP) is 2.93. The Morgan fingerprint density at radius 1 is 1.24 bits per heavy atom. The molecule has 2 atom stereocenters. The molecule has 1 rings (SSSR count). The molecule has 3 nitrogen and oxygen atoms in total. The minimum Gasteiger partial charge on any atom is -0.480 e. The summed E-state index contributed by atoms with van der Waals surface area (Å²) < 4.78 is 0. The SMILES string of the molecule is CCC(C(=O)O)N(C)C(CC)c1ccccc1. The van der Waals surface area contributed by atoms with E-state index < -0.39 is 12.0 Å². The van der Waals surface area contributed by atoms with Crippen molar-refractivity contribution in [3.05, 3.63) is 35.9 Å². The molecule has 0 bridgehead atoms. The summed E-state index contributed by atoms with van der Waals surface area (Å²) >= 11 is 0. The van der Waals surface area contributed by atoms with Crippen LogP contribution in [0.15, 0.2) is 30.3 Å². The molecule has 2 unspecified atom stereocenters. The van der Waals surface area contributed by atoms with E-state index in [1.165, 1.54) is 5.56 Å². The maximum absolute atomic E-state index is 11.2. The third kappa shape index (κ3) is 3.30. The van der Waals surface area contributed by atoms with Gasteiger partial charge in [-0.25, -0.2) is 0 Å². The van der Waals surface area contributed by atoms with E-state index in [9.17, 15) is 9.90 Å². The van der Waals surface area contributed by atoms with Crippen molar-refractivity contribution in [3.63, 3.8) is 0 Å². The summed E-state index contributed by atoms with van der Waals surface area (Å²) in [6.45, 7) is 4.00. The lowest BCUT2D eigenvalue weighted by Gasteiger charge is -2.32. The minimum absolute atomic E-state index is 0.164. The van der Waals surface area contributed by atoms with E-state index in [0.717, 1.165) is 6.42 Å². The molecular formula is C14H21NO2. The number of benzene rings is 1. The second kappa shape index (κ2) is 6.40. The van der Waals surface area contributed by atoms with E-state index >= 15 is 0 Å². The monoisotopic (exact) mass is 235 g/mol. The molecule has 0 saturated carbocycles. The highest BCUT2D eigenvalue weighted by Gasteiger charge is 2.26. The molecule has 0 aliphatic carbocycles. The largest absolute Gasteiger partial charge is 0.480 e. The molecular weight excluding hydrogens is 214 g/mol. The van der Waals surface area contributed by atoms with Gasteiger partial charge in [0.25, 0.3) is 0 Å². The maximum Gasteiger partial charge on any atom is 0.320 e. The standard InChI is InChI=1S/C14H21NO2/c1-4-12(11-9-7-6-8-10-11)15(3)13(5-2)14(16)17/h6-10,12-13H,4-5H2,1-3H3,(H,16,17). The Balaban J connectivity index is 2.91. The van der Waals surface area contributed by atoms with Gasteiger partial charge in [-0.15, -0.1) is 0 Å². The van der Waals surface area contributed by atoms with Gasteiger partial charge in [-0.2, -0.15) is 0 Å². The topological polar surface area (TPSA) is 40.5 Å². The van der Waals surface area contributed by atoms with Crippen LogP contribution in [0.1, 0.15) is 38.3 Å². The second-order valence-electron chi connectivity index (χ2n) is 4.26. The molecule has 0 amide bonds. The Kier molecular flexibility index (Phi) is 5.16. The van der Waals surface area contributed by atoms with Crippen LogP contribution < -0.4 is 0 Å². The van der Waals surface area contributed by atoms with Gasteiger partial charge in [0.05, 0.1) is 0 Å². The number of aliphatic carboxylic acids is 1. The van der Waals surface area contributed by atoms with Crippen molar-refractivity contribution in [2.24, 2.45) is 0 Å². The van der Waals surface area contributed by atoms with E-state index in [2.05, 4.69) is 19.1 Å². The fraction of sp³-hybridized carbons (Fsp3) is 0.500. The number of carboxylic acid groups (broad SMARTS) is 1. The Morgan fingerprint density at radius 2 is 1.82 bits per heavy atom. The lowest BCUT2D eigenvalue weighted by molar-refractivity contribution is -0.143. The van der Waals surface area contributed by atoms with E-state index in [1.54, 1.807) is 0 Å². The van der Waals surface area contributed by atoms with Crippen LogP contribution in [-0.4, -0.2) is 29.1 Å². The third-order valence-electron chi connectivity index (χ3n) is 3.23. The van der Waals surface area contributed by atoms with Gasteiger partial charge in [-0.05, 0) is 25.5 Å². The number of hydrogen-bond donors (Lipinski definition) is 1. The summed E-state index contributed by atoms with van der Waals surface area (Å²) in [5.74, 6) is -0.746. The number of carboxylic acids is 1. The van der Waals surface area contributed by atoms with Crippen LogP contribution in [-0.2, 0) is 4.79 Å². The highest BCUT2D eigenvalue weighted by Crippen LogP contribution is 2.25. The molecule has 17 heavy (non-hydrogen) atoms. The second-order valence-corrected chi connectivity index (χ2v) is 4.26. The van der Waals surface area contributed by atoms with Crippen molar-refractivity contribution in [1.29, 1.82) is 0 Å². The first-order chi connectivity index (χ1) is 8.11. The lowest BCUT2D eigenvalue weighted by Crippen LogP contribution is -2.40. The summed E-state index contributed by atoms with van der Waals surface area (Å²) in [7, 11) is 1.89. The molecule has 0 fully saturated rings. The Labute approximate surface area is 103 Å². The zero-order valence-electron chi connectivity index (χ0n) is 10.8. The minimum atomic E-state index is -0.746. The van der Waals surface area contributed by atoms with Crippen molar-refractivity contribution in [1.82, 2.24) is 4.90 Å². The first-order valence-corrected chi connectivity index (χ1v) is 6.11. The van der Waals surface area contributed by atoms with Gasteiger partial charge < -0.3 is 5.11 Å². The molecule has 1 N–H and O–H groups in total. The first-order valence-electron chi connectivity index (χ1n) is 6.11. The predicted molar refractivity (Wildman–Crippen MR) is 69.0 cm³/mol. The molecule has 1 aromatic carbocycles. The van der Waals surface area contributed by atoms with Crippen LogP contribution in [0.5, 0.6) is 0 Å². The molecule has 0 spiro atoms. The van der Waals surface area contributed by atoms with Crippen molar-refractivity contribution in [3.8, 4) is 0 Å². The molecule has 0 heterocycles. The molecule has 94 valence electrons. The fourth-order valence-corrected chi connectivity index (χ4v) is 2.29. The first kappa shape index (κ1) is 13.7. The highest BCUT2D eigenvalue weighted by atomic mass is 16.4. The Hall–Kier alpha value is -1.35. The average Bonchev–Trinajstić information content (AvgIpc) is 2.31. The molecule has 0 saturated heterocycles. The molecule has 1 aromatic rings. The maximum atomic E-state index is 11.2. The zero-order chi connectivity index (χ0) is 12.8. The summed E-state index contributed by atoms with van der Waals surface area (Å²) in [4.78, 5) is 13.1. The zero-order valence-corrected chi connectivity index (χ0v) is 10.8. The average molecular weight is 235 g/mol. The quantitative estimate of drug-likeness (QED) is 0.824. The van der Waals surface area contributed by atoms with Crippen LogP contribution in [0.4, 0.5) is 0 Å². The van der Waals surface area contributed by atoms with Gasteiger partial charge >= 0.3 is 5.97 Å². The van der Waals surface area contributed by atoms with E-state index in [0.29, 0.717) is 6.42 Å². The van der Waals surface area contributed by atoms with E-state index in [-0.39, 0.29) is 6.04 Å². The van der Waals surface area contributed by atoms with Crippen LogP contribution in [0, 0.1) is 0 Å². The summed E-state index contributed by atoms with van der Waals surface area (Å²) in [6.07, 6.45) is 1.53. The molecule has 0 aliphatic heterocycles. The van der Waals surface area contributed by atoms with Gasteiger partial charge in [-0.3, -0.25) is 9.69 Å². The van der Waals surface area contributed by atoms with Crippen LogP contribution in [0.25, 0.3) is 0 Å². The molecule has 0 aromatic heterocycles. The fourth-order valence-electron chi connectivity index (χ4n) is 2.29. The Morgan fingerprint density at radius 3 is 2.24 bits per heavy atom. The van der Waals surface area contributed by atoms with Crippen molar-refractivity contribution in [2.75, 3.05) is 7.05 Å². The van der Waals surface area contributed by atoms with Crippen molar-refractivity contribution >= 4 is 5.97 Å². The third-order valence-corrected chi connectivity index (χ3v) is 3.23. The number of hydrogen-bond acceptors (Lipinski definition) is 2. The van der Waals surface area contributed by atoms with E-state index in [1.807, 2.05) is 37.1 Å². The van der Waals surface area contributed by atoms with Gasteiger partial charge in [0.15, 0.2) is 0 Å². The summed E-state index contributed by atoms with van der Waals surface area (Å²) in [5.41, 5.74) is 1.18. The smallest absolute Gasteiger partial charge is 0.320 e. The van der Waals surface area contributed by atoms with Crippen molar-refractivity contribution < 1.29 is 9.90 Å². The van der Waals surface area contributed by atoms with Crippen LogP contribution in [0.3, 0.4) is 0 Å². The molecule has 3 heteroatoms. The van der Waals surface area contributed by atoms with Crippen molar-refractivity contribution in [2.45, 2.75) is 38.8 Å². The van der Waals surface area contributed by atoms with Gasteiger partial charge in [0.1, 0.15) is 6.04 Å². The van der Waals surface area contributed by atoms with Gasteiger partial charge in [0, 0.05) is 6.04 Å². The lowest BCUT2D eigenvalue weighted by atomic mass is 10.0. The number of carbonyl (C=O) groups is 1. The molecule has 0 aliphatic rings. The number of nitrogens with zero attached hydrogens (tertiary/aromatic N) is 1. The van der Waals surface area contributed by atoms with Crippen LogP contribution in [0.2, 0.25) is 0 Å². The summed E-state index contributed by atoms with van der Waals surface area (Å²) in [6, 6.07) is 9.82. The van der Waals surface area contributed by atoms with Crippen LogP contribution >= 0.6 is 0 Å². The van der Waals surface area contributed by atoms with Gasteiger partial charge in [0.2, 0.25) is 0 Å². The normalized spacial score (nSPS) is 14.6. The highest BCUT2D eigenvalue weighted by molar-refractivity contribution is 5.73. The summed E-state index contributed by atoms with van der Waals surface area (Å²) in [5, 5.41) is 9.19.